The van der Waals surface area contributed by atoms with Gasteiger partial charge in [0.05, 0.1) is 0 Å². The van der Waals surface area contributed by atoms with E-state index in [0.29, 0.717) is 11.6 Å². The Kier molecular flexibility index (Phi) is 6.84. The lowest BCUT2D eigenvalue weighted by molar-refractivity contribution is -0.124. The first kappa shape index (κ1) is 22.2. The second-order valence-electron chi connectivity index (χ2n) is 7.41. The van der Waals surface area contributed by atoms with Crippen LogP contribution in [0.3, 0.4) is 0 Å². The summed E-state index contributed by atoms with van der Waals surface area (Å²) in [6, 6.07) is 19.4. The number of carbonyl (C=O) groups excluding carboxylic acids is 1. The van der Waals surface area contributed by atoms with E-state index in [0.717, 1.165) is 34.0 Å². The highest BCUT2D eigenvalue weighted by molar-refractivity contribution is 6.31. The Balaban J connectivity index is 1.83. The first-order chi connectivity index (χ1) is 14.8. The number of ether oxygens (including phenoxy) is 1. The number of nitrogens with zero attached hydrogens (tertiary/aromatic N) is 3. The van der Waals surface area contributed by atoms with E-state index in [-0.39, 0.29) is 11.5 Å². The first-order valence-electron chi connectivity index (χ1n) is 9.81. The predicted molar refractivity (Wildman–Crippen MR) is 123 cm³/mol. The molecule has 0 atom stereocenters. The Labute approximate surface area is 187 Å². The quantitative estimate of drug-likeness (QED) is 0.390. The van der Waals surface area contributed by atoms with Gasteiger partial charge in [0.1, 0.15) is 24.0 Å². The van der Waals surface area contributed by atoms with Crippen molar-refractivity contribution in [3.63, 3.8) is 0 Å². The fraction of sp³-hybridized carbons (Fsp3) is 0.200. The van der Waals surface area contributed by atoms with Crippen LogP contribution in [-0.2, 0) is 11.4 Å². The molecule has 0 fully saturated rings. The number of likely N-dealkylation sites (N-methyl/N-ethyl adjacent to an activating group) is 1. The van der Waals surface area contributed by atoms with Gasteiger partial charge in [-0.2, -0.15) is 5.26 Å². The summed E-state index contributed by atoms with van der Waals surface area (Å²) in [7, 11) is 3.26. The third-order valence-electron chi connectivity index (χ3n) is 4.97. The summed E-state index contributed by atoms with van der Waals surface area (Å²) in [4.78, 5) is 13.6. The topological polar surface area (TPSA) is 58.3 Å². The molecule has 0 aliphatic heterocycles. The molecule has 0 radical (unpaired) electrons. The smallest absolute Gasteiger partial charge is 0.264 e. The minimum atomic E-state index is -0.313. The number of amides is 1. The van der Waals surface area contributed by atoms with Crippen molar-refractivity contribution in [1.82, 2.24) is 9.47 Å². The summed E-state index contributed by atoms with van der Waals surface area (Å²) in [5.74, 6) is 0.432. The number of aromatic nitrogens is 1. The summed E-state index contributed by atoms with van der Waals surface area (Å²) >= 11 is 6.18. The normalized spacial score (nSPS) is 11.2. The van der Waals surface area contributed by atoms with E-state index in [2.05, 4.69) is 4.57 Å². The van der Waals surface area contributed by atoms with Crippen LogP contribution in [0.2, 0.25) is 5.02 Å². The lowest BCUT2D eigenvalue weighted by Gasteiger charge is -2.12. The number of hydrogen-bond donors (Lipinski definition) is 0. The van der Waals surface area contributed by atoms with Crippen molar-refractivity contribution in [1.29, 1.82) is 5.26 Å². The molecule has 31 heavy (non-hydrogen) atoms. The van der Waals surface area contributed by atoms with Crippen LogP contribution in [0.4, 0.5) is 0 Å². The zero-order chi connectivity index (χ0) is 22.5. The van der Waals surface area contributed by atoms with Gasteiger partial charge in [0.15, 0.2) is 0 Å². The van der Waals surface area contributed by atoms with E-state index in [4.69, 9.17) is 16.3 Å². The van der Waals surface area contributed by atoms with Gasteiger partial charge >= 0.3 is 0 Å². The fourth-order valence-electron chi connectivity index (χ4n) is 3.34. The molecule has 0 aliphatic rings. The summed E-state index contributed by atoms with van der Waals surface area (Å²) < 4.78 is 7.95. The van der Waals surface area contributed by atoms with E-state index in [1.165, 1.54) is 4.90 Å². The van der Waals surface area contributed by atoms with Crippen molar-refractivity contribution >= 4 is 23.6 Å². The maximum atomic E-state index is 12.2. The molecule has 1 heterocycles. The summed E-state index contributed by atoms with van der Waals surface area (Å²) in [5, 5.41) is 10.1. The van der Waals surface area contributed by atoms with E-state index >= 15 is 0 Å². The fourth-order valence-corrected chi connectivity index (χ4v) is 3.53. The van der Waals surface area contributed by atoms with Crippen LogP contribution in [-0.4, -0.2) is 29.5 Å². The average Bonchev–Trinajstić information content (AvgIpc) is 3.04. The van der Waals surface area contributed by atoms with Crippen LogP contribution >= 0.6 is 11.6 Å². The molecule has 158 valence electrons. The van der Waals surface area contributed by atoms with Crippen LogP contribution < -0.4 is 4.74 Å². The van der Waals surface area contributed by atoms with Gasteiger partial charge < -0.3 is 14.2 Å². The van der Waals surface area contributed by atoms with Crippen LogP contribution in [0.25, 0.3) is 11.8 Å². The molecule has 0 saturated heterocycles. The second kappa shape index (κ2) is 9.55. The van der Waals surface area contributed by atoms with Crippen LogP contribution in [0.1, 0.15) is 22.5 Å². The van der Waals surface area contributed by atoms with E-state index in [1.807, 2.05) is 74.5 Å². The van der Waals surface area contributed by atoms with Crippen molar-refractivity contribution in [2.75, 3.05) is 14.1 Å². The van der Waals surface area contributed by atoms with Gasteiger partial charge in [0.25, 0.3) is 5.91 Å². The molecule has 1 amide bonds. The highest BCUT2D eigenvalue weighted by atomic mass is 35.5. The van der Waals surface area contributed by atoms with Gasteiger partial charge in [-0.1, -0.05) is 29.8 Å². The zero-order valence-electron chi connectivity index (χ0n) is 18.0. The van der Waals surface area contributed by atoms with Crippen molar-refractivity contribution in [2.45, 2.75) is 20.5 Å². The minimum absolute atomic E-state index is 0.105. The molecule has 3 rings (SSSR count). The Bertz CT molecular complexity index is 1170. The Hall–Kier alpha value is -3.49. The zero-order valence-corrected chi connectivity index (χ0v) is 18.8. The molecule has 0 unspecified atom stereocenters. The van der Waals surface area contributed by atoms with Crippen LogP contribution in [0.15, 0.2) is 60.2 Å². The summed E-state index contributed by atoms with van der Waals surface area (Å²) in [6.45, 7) is 4.36. The third kappa shape index (κ3) is 4.99. The van der Waals surface area contributed by atoms with Crippen molar-refractivity contribution in [2.24, 2.45) is 0 Å². The molecule has 2 aromatic carbocycles. The summed E-state index contributed by atoms with van der Waals surface area (Å²) in [6.07, 6.45) is 1.64. The number of nitriles is 1. The molecule has 1 aromatic heterocycles. The SMILES string of the molecule is Cc1cc(/C=C(/C#N)C(=O)N(C)C)c(C)n1-c1ccc(OCc2ccccc2Cl)cc1. The Morgan fingerprint density at radius 2 is 1.84 bits per heavy atom. The number of hydrogen-bond acceptors (Lipinski definition) is 3. The van der Waals surface area contributed by atoms with E-state index in [1.54, 1.807) is 20.2 Å². The van der Waals surface area contributed by atoms with Crippen molar-refractivity contribution in [3.8, 4) is 17.5 Å². The highest BCUT2D eigenvalue weighted by Gasteiger charge is 2.15. The van der Waals surface area contributed by atoms with E-state index < -0.39 is 0 Å². The van der Waals surface area contributed by atoms with Crippen LogP contribution in [0, 0.1) is 25.2 Å². The number of halogens is 1. The van der Waals surface area contributed by atoms with Gasteiger partial charge in [0.2, 0.25) is 0 Å². The van der Waals surface area contributed by atoms with Crippen molar-refractivity contribution in [3.05, 3.63) is 87.7 Å². The maximum absolute atomic E-state index is 12.2. The van der Waals surface area contributed by atoms with Gasteiger partial charge in [-0.25, -0.2) is 0 Å². The Morgan fingerprint density at radius 1 is 1.16 bits per heavy atom. The monoisotopic (exact) mass is 433 g/mol. The molecule has 0 N–H and O–H groups in total. The van der Waals surface area contributed by atoms with E-state index in [9.17, 15) is 10.1 Å². The molecule has 6 heteroatoms. The lowest BCUT2D eigenvalue weighted by atomic mass is 10.1. The number of aryl methyl sites for hydroxylation is 1. The standard InChI is InChI=1S/C25H24ClN3O2/c1-17-13-20(14-21(15-27)25(30)28(3)4)18(2)29(17)22-9-11-23(12-10-22)31-16-19-7-5-6-8-24(19)26/h5-14H,16H2,1-4H3/b21-14-. The van der Waals surface area contributed by atoms with Crippen molar-refractivity contribution < 1.29 is 9.53 Å². The molecule has 0 aliphatic carbocycles. The van der Waals surface area contributed by atoms with Gasteiger partial charge in [-0.3, -0.25) is 4.79 Å². The number of carbonyl (C=O) groups is 1. The third-order valence-corrected chi connectivity index (χ3v) is 5.34. The first-order valence-corrected chi connectivity index (χ1v) is 10.2. The van der Waals surface area contributed by atoms with Gasteiger partial charge in [0, 0.05) is 41.8 Å². The molecule has 0 bridgehead atoms. The second-order valence-corrected chi connectivity index (χ2v) is 7.81. The highest BCUT2D eigenvalue weighted by Crippen LogP contribution is 2.25. The molecule has 0 spiro atoms. The predicted octanol–water partition coefficient (Wildman–Crippen LogP) is 5.32. The largest absolute Gasteiger partial charge is 0.489 e. The minimum Gasteiger partial charge on any atom is -0.489 e. The number of benzene rings is 2. The van der Waals surface area contributed by atoms with Gasteiger partial charge in [-0.15, -0.1) is 0 Å². The average molecular weight is 434 g/mol. The van der Waals surface area contributed by atoms with Gasteiger partial charge in [-0.05, 0) is 61.9 Å². The molecule has 5 nitrogen and oxygen atoms in total. The molecule has 3 aromatic rings. The maximum Gasteiger partial charge on any atom is 0.264 e. The molecule has 0 saturated carbocycles. The Morgan fingerprint density at radius 3 is 2.45 bits per heavy atom. The lowest BCUT2D eigenvalue weighted by Crippen LogP contribution is -2.22. The summed E-state index contributed by atoms with van der Waals surface area (Å²) in [5.41, 5.74) is 4.79. The van der Waals surface area contributed by atoms with Crippen LogP contribution in [0.5, 0.6) is 5.75 Å². The molecular weight excluding hydrogens is 410 g/mol. The molecular formula is C25H24ClN3O2. The number of rotatable bonds is 6.